The van der Waals surface area contributed by atoms with E-state index in [-0.39, 0.29) is 5.91 Å². The average Bonchev–Trinajstić information content (AvgIpc) is 2.41. The molecule has 1 N–H and O–H groups in total. The summed E-state index contributed by atoms with van der Waals surface area (Å²) in [6, 6.07) is 10.3. The molecule has 0 bridgehead atoms. The van der Waals surface area contributed by atoms with Crippen molar-refractivity contribution >= 4 is 5.91 Å². The number of carbonyl (C=O) groups is 1. The molecular formula is C16H26N2O. The Balaban J connectivity index is 2.51. The lowest BCUT2D eigenvalue weighted by Gasteiger charge is -2.24. The normalized spacial score (nSPS) is 10.7. The van der Waals surface area contributed by atoms with E-state index in [1.54, 1.807) is 0 Å². The molecule has 3 nitrogen and oxygen atoms in total. The van der Waals surface area contributed by atoms with Gasteiger partial charge in [0, 0.05) is 26.1 Å². The summed E-state index contributed by atoms with van der Waals surface area (Å²) in [4.78, 5) is 14.1. The van der Waals surface area contributed by atoms with E-state index in [0.717, 1.165) is 26.1 Å². The predicted octanol–water partition coefficient (Wildman–Crippen LogP) is 2.32. The number of hydrogen-bond acceptors (Lipinski definition) is 2. The minimum atomic E-state index is 0.249. The Kier molecular flexibility index (Phi) is 7.19. The molecule has 0 saturated carbocycles. The van der Waals surface area contributed by atoms with E-state index >= 15 is 0 Å². The number of benzene rings is 1. The summed E-state index contributed by atoms with van der Waals surface area (Å²) in [5.41, 5.74) is 1.29. The minimum Gasteiger partial charge on any atom is -0.342 e. The molecule has 0 unspecified atom stereocenters. The Hall–Kier alpha value is -1.35. The van der Waals surface area contributed by atoms with Gasteiger partial charge in [-0.3, -0.25) is 4.79 Å². The van der Waals surface area contributed by atoms with Crippen molar-refractivity contribution in [3.63, 3.8) is 0 Å². The zero-order valence-electron chi connectivity index (χ0n) is 12.4. The van der Waals surface area contributed by atoms with Gasteiger partial charge in [-0.25, -0.2) is 0 Å². The van der Waals surface area contributed by atoms with Gasteiger partial charge in [-0.1, -0.05) is 44.2 Å². The van der Waals surface area contributed by atoms with Crippen LogP contribution in [0.5, 0.6) is 0 Å². The van der Waals surface area contributed by atoms with Gasteiger partial charge >= 0.3 is 0 Å². The summed E-state index contributed by atoms with van der Waals surface area (Å²) in [7, 11) is 1.88. The second-order valence-electron chi connectivity index (χ2n) is 5.32. The summed E-state index contributed by atoms with van der Waals surface area (Å²) >= 11 is 0. The predicted molar refractivity (Wildman–Crippen MR) is 80.1 cm³/mol. The van der Waals surface area contributed by atoms with Crippen molar-refractivity contribution in [2.75, 3.05) is 26.7 Å². The molecule has 106 valence electrons. The first-order valence-corrected chi connectivity index (χ1v) is 7.09. The van der Waals surface area contributed by atoms with Gasteiger partial charge in [-0.2, -0.15) is 0 Å². The van der Waals surface area contributed by atoms with E-state index in [4.69, 9.17) is 0 Å². The highest BCUT2D eigenvalue weighted by Crippen LogP contribution is 2.06. The maximum atomic E-state index is 12.1. The van der Waals surface area contributed by atoms with Crippen LogP contribution in [-0.2, 0) is 11.2 Å². The van der Waals surface area contributed by atoms with Gasteiger partial charge in [0.1, 0.15) is 0 Å². The van der Waals surface area contributed by atoms with E-state index in [9.17, 15) is 4.79 Å². The third-order valence-corrected chi connectivity index (χ3v) is 3.04. The molecule has 0 aromatic heterocycles. The number of rotatable bonds is 8. The van der Waals surface area contributed by atoms with Crippen molar-refractivity contribution in [3.05, 3.63) is 35.9 Å². The molecule has 0 aliphatic carbocycles. The Morgan fingerprint density at radius 2 is 1.95 bits per heavy atom. The molecule has 0 aliphatic heterocycles. The highest BCUT2D eigenvalue weighted by molar-refractivity contribution is 5.76. The van der Waals surface area contributed by atoms with Crippen molar-refractivity contribution in [1.29, 1.82) is 0 Å². The van der Waals surface area contributed by atoms with Crippen LogP contribution in [-0.4, -0.2) is 37.5 Å². The third-order valence-electron chi connectivity index (χ3n) is 3.04. The Labute approximate surface area is 117 Å². The average molecular weight is 262 g/mol. The largest absolute Gasteiger partial charge is 0.342 e. The van der Waals surface area contributed by atoms with Crippen molar-refractivity contribution in [3.8, 4) is 0 Å². The first-order chi connectivity index (χ1) is 9.13. The Morgan fingerprint density at radius 3 is 2.53 bits per heavy atom. The highest BCUT2D eigenvalue weighted by atomic mass is 16.2. The van der Waals surface area contributed by atoms with Gasteiger partial charge in [0.05, 0.1) is 0 Å². The van der Waals surface area contributed by atoms with Crippen molar-refractivity contribution in [2.45, 2.75) is 26.7 Å². The van der Waals surface area contributed by atoms with Gasteiger partial charge in [-0.05, 0) is 24.9 Å². The van der Waals surface area contributed by atoms with Gasteiger partial charge in [-0.15, -0.1) is 0 Å². The van der Waals surface area contributed by atoms with Crippen LogP contribution >= 0.6 is 0 Å². The fourth-order valence-corrected chi connectivity index (χ4v) is 2.06. The second kappa shape index (κ2) is 8.70. The Bertz CT molecular complexity index is 362. The standard InChI is InChI=1S/C16H26N2O/c1-14(2)13-18(16(19)9-11-17-3)12-10-15-7-5-4-6-8-15/h4-8,14,17H,9-13H2,1-3H3. The monoisotopic (exact) mass is 262 g/mol. The maximum Gasteiger partial charge on any atom is 0.223 e. The Morgan fingerprint density at radius 1 is 1.26 bits per heavy atom. The molecule has 0 saturated heterocycles. The lowest BCUT2D eigenvalue weighted by molar-refractivity contribution is -0.131. The zero-order chi connectivity index (χ0) is 14.1. The van der Waals surface area contributed by atoms with Crippen LogP contribution in [0.2, 0.25) is 0 Å². The molecule has 19 heavy (non-hydrogen) atoms. The van der Waals surface area contributed by atoms with Gasteiger partial charge in [0.25, 0.3) is 0 Å². The van der Waals surface area contributed by atoms with Gasteiger partial charge < -0.3 is 10.2 Å². The molecule has 0 fully saturated rings. The maximum absolute atomic E-state index is 12.1. The summed E-state index contributed by atoms with van der Waals surface area (Å²) < 4.78 is 0. The van der Waals surface area contributed by atoms with Crippen LogP contribution in [0.3, 0.4) is 0 Å². The van der Waals surface area contributed by atoms with Crippen LogP contribution in [0.15, 0.2) is 30.3 Å². The fraction of sp³-hybridized carbons (Fsp3) is 0.562. The summed E-state index contributed by atoms with van der Waals surface area (Å²) in [5.74, 6) is 0.758. The molecule has 0 radical (unpaired) electrons. The molecule has 0 spiro atoms. The summed E-state index contributed by atoms with van der Waals surface area (Å²) in [5, 5.41) is 3.03. The number of nitrogens with zero attached hydrogens (tertiary/aromatic N) is 1. The van der Waals surface area contributed by atoms with E-state index in [1.165, 1.54) is 5.56 Å². The number of hydrogen-bond donors (Lipinski definition) is 1. The zero-order valence-corrected chi connectivity index (χ0v) is 12.4. The quantitative estimate of drug-likeness (QED) is 0.780. The van der Waals surface area contributed by atoms with Crippen molar-refractivity contribution < 1.29 is 4.79 Å². The van der Waals surface area contributed by atoms with E-state index in [0.29, 0.717) is 12.3 Å². The van der Waals surface area contributed by atoms with Crippen LogP contribution in [0.4, 0.5) is 0 Å². The van der Waals surface area contributed by atoms with Crippen molar-refractivity contribution in [2.24, 2.45) is 5.92 Å². The molecule has 0 heterocycles. The molecule has 0 aliphatic rings. The van der Waals surface area contributed by atoms with Crippen molar-refractivity contribution in [1.82, 2.24) is 10.2 Å². The minimum absolute atomic E-state index is 0.249. The highest BCUT2D eigenvalue weighted by Gasteiger charge is 2.14. The fourth-order valence-electron chi connectivity index (χ4n) is 2.06. The molecule has 1 aromatic carbocycles. The topological polar surface area (TPSA) is 32.3 Å². The van der Waals surface area contributed by atoms with Gasteiger partial charge in [0.15, 0.2) is 0 Å². The van der Waals surface area contributed by atoms with Crippen LogP contribution in [0.1, 0.15) is 25.8 Å². The second-order valence-corrected chi connectivity index (χ2v) is 5.32. The van der Waals surface area contributed by atoms with E-state index in [2.05, 4.69) is 31.3 Å². The number of amides is 1. The van der Waals surface area contributed by atoms with Crippen LogP contribution < -0.4 is 5.32 Å². The van der Waals surface area contributed by atoms with Crippen LogP contribution in [0.25, 0.3) is 0 Å². The molecule has 3 heteroatoms. The summed E-state index contributed by atoms with van der Waals surface area (Å²) in [6.45, 7) is 6.71. The molecule has 1 rings (SSSR count). The van der Waals surface area contributed by atoms with Crippen LogP contribution in [0, 0.1) is 5.92 Å². The van der Waals surface area contributed by atoms with E-state index < -0.39 is 0 Å². The molecule has 1 aromatic rings. The lowest BCUT2D eigenvalue weighted by Crippen LogP contribution is -2.37. The first-order valence-electron chi connectivity index (χ1n) is 7.09. The smallest absolute Gasteiger partial charge is 0.223 e. The first kappa shape index (κ1) is 15.7. The SMILES string of the molecule is CNCCC(=O)N(CCc1ccccc1)CC(C)C. The molecule has 1 amide bonds. The molecular weight excluding hydrogens is 236 g/mol. The number of nitrogens with one attached hydrogen (secondary N) is 1. The van der Waals surface area contributed by atoms with E-state index in [1.807, 2.05) is 30.1 Å². The summed E-state index contributed by atoms with van der Waals surface area (Å²) in [6.07, 6.45) is 1.51. The van der Waals surface area contributed by atoms with Gasteiger partial charge in [0.2, 0.25) is 5.91 Å². The lowest BCUT2D eigenvalue weighted by atomic mass is 10.1. The third kappa shape index (κ3) is 6.39. The molecule has 0 atom stereocenters. The number of carbonyl (C=O) groups excluding carboxylic acids is 1.